The van der Waals surface area contributed by atoms with Gasteiger partial charge in [-0.25, -0.2) is 15.0 Å². The van der Waals surface area contributed by atoms with Gasteiger partial charge in [0.05, 0.1) is 12.9 Å². The molecule has 0 bridgehead atoms. The molecule has 9 heteroatoms. The zero-order valence-electron chi connectivity index (χ0n) is 15.5. The number of nitrogens with zero attached hydrogens (tertiary/aromatic N) is 4. The summed E-state index contributed by atoms with van der Waals surface area (Å²) in [5.74, 6) is -0.519. The Morgan fingerprint density at radius 3 is 2.75 bits per heavy atom. The summed E-state index contributed by atoms with van der Waals surface area (Å²) in [7, 11) is 1.76. The molecular weight excluding hydrogens is 360 g/mol. The Bertz CT molecular complexity index is 943. The summed E-state index contributed by atoms with van der Waals surface area (Å²) in [5, 5.41) is 11.9. The van der Waals surface area contributed by atoms with Crippen molar-refractivity contribution in [1.29, 1.82) is 0 Å². The van der Waals surface area contributed by atoms with E-state index in [9.17, 15) is 9.59 Å². The highest BCUT2D eigenvalue weighted by Gasteiger charge is 2.18. The molecular formula is C19H22N6O3. The smallest absolute Gasteiger partial charge is 0.303 e. The van der Waals surface area contributed by atoms with Crippen molar-refractivity contribution < 1.29 is 14.7 Å². The van der Waals surface area contributed by atoms with Gasteiger partial charge in [0.1, 0.15) is 11.8 Å². The second-order valence-corrected chi connectivity index (χ2v) is 6.54. The van der Waals surface area contributed by atoms with Gasteiger partial charge in [-0.15, -0.1) is 0 Å². The Morgan fingerprint density at radius 2 is 2.00 bits per heavy atom. The molecule has 0 fully saturated rings. The number of anilines is 1. The topological polar surface area (TPSA) is 124 Å². The van der Waals surface area contributed by atoms with Crippen molar-refractivity contribution in [2.75, 3.05) is 18.5 Å². The second-order valence-electron chi connectivity index (χ2n) is 6.54. The molecule has 3 rings (SSSR count). The van der Waals surface area contributed by atoms with Crippen LogP contribution in [0.15, 0.2) is 43.0 Å². The lowest BCUT2D eigenvalue weighted by Gasteiger charge is -2.22. The average molecular weight is 382 g/mol. The number of H-pyrrole nitrogens is 1. The summed E-state index contributed by atoms with van der Waals surface area (Å²) in [5.41, 5.74) is 2.23. The highest BCUT2D eigenvalue weighted by molar-refractivity contribution is 5.87. The number of carbonyl (C=O) groups is 2. The number of hydrogen-bond acceptors (Lipinski definition) is 6. The van der Waals surface area contributed by atoms with E-state index in [0.717, 1.165) is 5.56 Å². The Kier molecular flexibility index (Phi) is 6.15. The SMILES string of the molecule is CN(CC(=O)NC(CCC(=O)O)Cc1ccccc1)c1ncnc2nc[nH]c12. The van der Waals surface area contributed by atoms with Crippen LogP contribution in [-0.2, 0) is 16.0 Å². The molecule has 0 aliphatic heterocycles. The molecule has 2 heterocycles. The molecule has 0 saturated carbocycles. The number of aliphatic carboxylic acids is 1. The molecule has 3 N–H and O–H groups in total. The van der Waals surface area contributed by atoms with E-state index in [-0.39, 0.29) is 24.9 Å². The van der Waals surface area contributed by atoms with Crippen LogP contribution in [0.2, 0.25) is 0 Å². The standard InChI is InChI=1S/C19H22N6O3/c1-25(19-17-18(21-11-20-17)22-12-23-19)10-15(26)24-14(7-8-16(27)28)9-13-5-3-2-4-6-13/h2-6,11-12,14H,7-10H2,1H3,(H,24,26)(H,27,28)(H,20,21,22,23). The fraction of sp³-hybridized carbons (Fsp3) is 0.316. The van der Waals surface area contributed by atoms with Crippen molar-refractivity contribution in [3.8, 4) is 0 Å². The van der Waals surface area contributed by atoms with Crippen LogP contribution < -0.4 is 10.2 Å². The number of nitrogens with one attached hydrogen (secondary N) is 2. The predicted molar refractivity (Wildman–Crippen MR) is 104 cm³/mol. The molecule has 2 aromatic heterocycles. The number of aromatic nitrogens is 4. The Labute approximate surface area is 161 Å². The molecule has 1 atom stereocenters. The van der Waals surface area contributed by atoms with E-state index >= 15 is 0 Å². The summed E-state index contributed by atoms with van der Waals surface area (Å²) < 4.78 is 0. The van der Waals surface area contributed by atoms with Gasteiger partial charge in [0, 0.05) is 19.5 Å². The van der Waals surface area contributed by atoms with Crippen molar-refractivity contribution in [2.24, 2.45) is 0 Å². The van der Waals surface area contributed by atoms with E-state index in [4.69, 9.17) is 5.11 Å². The molecule has 0 spiro atoms. The lowest BCUT2D eigenvalue weighted by Crippen LogP contribution is -2.42. The monoisotopic (exact) mass is 382 g/mol. The second kappa shape index (κ2) is 8.94. The van der Waals surface area contributed by atoms with Crippen LogP contribution in [0.25, 0.3) is 11.2 Å². The first-order chi connectivity index (χ1) is 13.5. The van der Waals surface area contributed by atoms with E-state index in [2.05, 4.69) is 25.3 Å². The number of benzene rings is 1. The quantitative estimate of drug-likeness (QED) is 0.511. The van der Waals surface area contributed by atoms with Crippen LogP contribution in [0.4, 0.5) is 5.82 Å². The van der Waals surface area contributed by atoms with Crippen molar-refractivity contribution in [2.45, 2.75) is 25.3 Å². The van der Waals surface area contributed by atoms with Crippen molar-refractivity contribution in [3.05, 3.63) is 48.5 Å². The van der Waals surface area contributed by atoms with Gasteiger partial charge in [0.25, 0.3) is 0 Å². The molecule has 28 heavy (non-hydrogen) atoms. The van der Waals surface area contributed by atoms with E-state index in [1.165, 1.54) is 12.7 Å². The molecule has 9 nitrogen and oxygen atoms in total. The summed E-state index contributed by atoms with van der Waals surface area (Å²) >= 11 is 0. The fourth-order valence-corrected chi connectivity index (χ4v) is 3.03. The van der Waals surface area contributed by atoms with Gasteiger partial charge in [0.2, 0.25) is 5.91 Å². The Balaban J connectivity index is 1.65. The number of fused-ring (bicyclic) bond motifs is 1. The van der Waals surface area contributed by atoms with Crippen molar-refractivity contribution in [3.63, 3.8) is 0 Å². The normalized spacial score (nSPS) is 11.9. The molecule has 1 aromatic carbocycles. The largest absolute Gasteiger partial charge is 0.481 e. The van der Waals surface area contributed by atoms with Gasteiger partial charge in [-0.05, 0) is 18.4 Å². The van der Waals surface area contributed by atoms with Gasteiger partial charge in [-0.2, -0.15) is 0 Å². The zero-order chi connectivity index (χ0) is 19.9. The summed E-state index contributed by atoms with van der Waals surface area (Å²) in [4.78, 5) is 40.6. The van der Waals surface area contributed by atoms with Crippen LogP contribution in [0.3, 0.4) is 0 Å². The number of imidazole rings is 1. The first-order valence-corrected chi connectivity index (χ1v) is 8.93. The summed E-state index contributed by atoms with van der Waals surface area (Å²) in [6, 6.07) is 9.41. The Hall–Kier alpha value is -3.49. The molecule has 0 radical (unpaired) electrons. The minimum Gasteiger partial charge on any atom is -0.481 e. The number of carbonyl (C=O) groups excluding carboxylic acids is 1. The number of rotatable bonds is 9. The average Bonchev–Trinajstić information content (AvgIpc) is 3.15. The maximum absolute atomic E-state index is 12.6. The number of likely N-dealkylation sites (N-methyl/N-ethyl adjacent to an activating group) is 1. The van der Waals surface area contributed by atoms with Gasteiger partial charge < -0.3 is 20.3 Å². The number of hydrogen-bond donors (Lipinski definition) is 3. The minimum absolute atomic E-state index is 0.00566. The fourth-order valence-electron chi connectivity index (χ4n) is 3.03. The molecule has 1 unspecified atom stereocenters. The van der Waals surface area contributed by atoms with Crippen LogP contribution in [0, 0.1) is 0 Å². The molecule has 3 aromatic rings. The highest BCUT2D eigenvalue weighted by atomic mass is 16.4. The van der Waals surface area contributed by atoms with Gasteiger partial charge in [-0.3, -0.25) is 9.59 Å². The summed E-state index contributed by atoms with van der Waals surface area (Å²) in [6.45, 7) is 0.0729. The summed E-state index contributed by atoms with van der Waals surface area (Å²) in [6.07, 6.45) is 3.85. The Morgan fingerprint density at radius 1 is 1.21 bits per heavy atom. The van der Waals surface area contributed by atoms with Crippen LogP contribution in [-0.4, -0.2) is 56.6 Å². The number of amides is 1. The van der Waals surface area contributed by atoms with E-state index in [0.29, 0.717) is 29.8 Å². The van der Waals surface area contributed by atoms with Gasteiger partial charge in [0.15, 0.2) is 11.5 Å². The lowest BCUT2D eigenvalue weighted by molar-refractivity contribution is -0.137. The predicted octanol–water partition coefficient (Wildman–Crippen LogP) is 1.38. The molecule has 0 aliphatic carbocycles. The third kappa shape index (κ3) is 5.03. The molecule has 0 saturated heterocycles. The highest BCUT2D eigenvalue weighted by Crippen LogP contribution is 2.18. The first kappa shape index (κ1) is 19.3. The first-order valence-electron chi connectivity index (χ1n) is 8.93. The maximum Gasteiger partial charge on any atom is 0.303 e. The zero-order valence-corrected chi connectivity index (χ0v) is 15.5. The number of carboxylic acid groups (broad SMARTS) is 1. The van der Waals surface area contributed by atoms with E-state index < -0.39 is 5.97 Å². The van der Waals surface area contributed by atoms with Crippen LogP contribution in [0.1, 0.15) is 18.4 Å². The van der Waals surface area contributed by atoms with Crippen LogP contribution >= 0.6 is 0 Å². The van der Waals surface area contributed by atoms with Gasteiger partial charge in [-0.1, -0.05) is 30.3 Å². The van der Waals surface area contributed by atoms with Gasteiger partial charge >= 0.3 is 5.97 Å². The minimum atomic E-state index is -0.882. The third-order valence-corrected chi connectivity index (χ3v) is 4.34. The third-order valence-electron chi connectivity index (χ3n) is 4.34. The van der Waals surface area contributed by atoms with E-state index in [1.807, 2.05) is 30.3 Å². The van der Waals surface area contributed by atoms with Crippen molar-refractivity contribution >= 4 is 28.9 Å². The molecule has 146 valence electrons. The maximum atomic E-state index is 12.6. The molecule has 1 amide bonds. The molecule has 0 aliphatic rings. The number of aromatic amines is 1. The van der Waals surface area contributed by atoms with E-state index in [1.54, 1.807) is 11.9 Å². The van der Waals surface area contributed by atoms with Crippen LogP contribution in [0.5, 0.6) is 0 Å². The van der Waals surface area contributed by atoms with Crippen molar-refractivity contribution in [1.82, 2.24) is 25.3 Å². The number of carboxylic acids is 1. The lowest BCUT2D eigenvalue weighted by atomic mass is 10.0.